The predicted molar refractivity (Wildman–Crippen MR) is 94.5 cm³/mol. The van der Waals surface area contributed by atoms with Crippen molar-refractivity contribution < 1.29 is 23.8 Å². The highest BCUT2D eigenvalue weighted by molar-refractivity contribution is 6.00. The number of carbonyl (C=O) groups is 2. The van der Waals surface area contributed by atoms with Crippen molar-refractivity contribution >= 4 is 23.6 Å². The minimum atomic E-state index is -0.771. The van der Waals surface area contributed by atoms with E-state index in [1.54, 1.807) is 37.3 Å². The van der Waals surface area contributed by atoms with Crippen LogP contribution in [0.15, 0.2) is 42.5 Å². The Labute approximate surface area is 145 Å². The van der Waals surface area contributed by atoms with Crippen molar-refractivity contribution in [1.82, 2.24) is 0 Å². The van der Waals surface area contributed by atoms with Gasteiger partial charge in [0.2, 0.25) is 0 Å². The third-order valence-electron chi connectivity index (χ3n) is 3.18. The monoisotopic (exact) mass is 344 g/mol. The fourth-order valence-corrected chi connectivity index (χ4v) is 2.05. The van der Waals surface area contributed by atoms with Crippen molar-refractivity contribution in [3.8, 4) is 11.5 Å². The molecule has 0 saturated heterocycles. The zero-order valence-electron chi connectivity index (χ0n) is 14.3. The lowest BCUT2D eigenvalue weighted by Crippen LogP contribution is -2.19. The maximum Gasteiger partial charge on any atom is 0.513 e. The molecule has 0 bridgehead atoms. The Morgan fingerprint density at radius 1 is 1.04 bits per heavy atom. The number of urea groups is 1. The van der Waals surface area contributed by atoms with Gasteiger partial charge in [0.25, 0.3) is 0 Å². The van der Waals surface area contributed by atoms with Gasteiger partial charge in [0, 0.05) is 5.69 Å². The van der Waals surface area contributed by atoms with Crippen LogP contribution in [-0.2, 0) is 4.74 Å². The average molecular weight is 344 g/mol. The first-order valence-corrected chi connectivity index (χ1v) is 7.69. The number of methoxy groups -OCH3 is 1. The number of hydrogen-bond acceptors (Lipinski definition) is 5. The Morgan fingerprint density at radius 3 is 2.40 bits per heavy atom. The standard InChI is InChI=1S/C18H20N2O5/c1-4-24-18(22)25-14-8-6-13(7-9-14)19-17(21)20-15-11-12(2)5-10-16(15)23-3/h5-11H,4H2,1-3H3,(H2,19,20,21). The van der Waals surface area contributed by atoms with E-state index < -0.39 is 12.2 Å². The molecule has 25 heavy (non-hydrogen) atoms. The fraction of sp³-hybridized carbons (Fsp3) is 0.222. The molecule has 0 atom stereocenters. The van der Waals surface area contributed by atoms with E-state index in [0.29, 0.717) is 22.9 Å². The first-order valence-electron chi connectivity index (χ1n) is 7.69. The van der Waals surface area contributed by atoms with Crippen LogP contribution in [0.1, 0.15) is 12.5 Å². The summed E-state index contributed by atoms with van der Waals surface area (Å²) in [6.45, 7) is 3.85. The van der Waals surface area contributed by atoms with Crippen molar-refractivity contribution in [3.63, 3.8) is 0 Å². The van der Waals surface area contributed by atoms with E-state index in [1.165, 1.54) is 7.11 Å². The molecule has 2 aromatic carbocycles. The van der Waals surface area contributed by atoms with E-state index in [-0.39, 0.29) is 6.61 Å². The minimum absolute atomic E-state index is 0.237. The van der Waals surface area contributed by atoms with E-state index in [9.17, 15) is 9.59 Å². The molecular weight excluding hydrogens is 324 g/mol. The molecule has 7 heteroatoms. The molecule has 0 spiro atoms. The number of hydrogen-bond donors (Lipinski definition) is 2. The summed E-state index contributed by atoms with van der Waals surface area (Å²) >= 11 is 0. The predicted octanol–water partition coefficient (Wildman–Crippen LogP) is 4.18. The van der Waals surface area contributed by atoms with Gasteiger partial charge in [-0.1, -0.05) is 6.07 Å². The van der Waals surface area contributed by atoms with Crippen LogP contribution in [0.25, 0.3) is 0 Å². The number of amides is 2. The highest BCUT2D eigenvalue weighted by Crippen LogP contribution is 2.25. The van der Waals surface area contributed by atoms with Gasteiger partial charge in [0.15, 0.2) is 0 Å². The van der Waals surface area contributed by atoms with E-state index >= 15 is 0 Å². The van der Waals surface area contributed by atoms with Gasteiger partial charge in [-0.15, -0.1) is 0 Å². The van der Waals surface area contributed by atoms with Gasteiger partial charge >= 0.3 is 12.2 Å². The molecule has 2 aromatic rings. The zero-order valence-corrected chi connectivity index (χ0v) is 14.3. The second kappa shape index (κ2) is 8.58. The molecule has 0 aromatic heterocycles. The molecule has 0 heterocycles. The van der Waals surface area contributed by atoms with E-state index in [0.717, 1.165) is 5.56 Å². The van der Waals surface area contributed by atoms with Crippen LogP contribution in [0.4, 0.5) is 21.0 Å². The molecule has 2 N–H and O–H groups in total. The zero-order chi connectivity index (χ0) is 18.2. The fourth-order valence-electron chi connectivity index (χ4n) is 2.05. The third-order valence-corrected chi connectivity index (χ3v) is 3.18. The number of ether oxygens (including phenoxy) is 3. The van der Waals surface area contributed by atoms with Crippen molar-refractivity contribution in [2.24, 2.45) is 0 Å². The summed E-state index contributed by atoms with van der Waals surface area (Å²) in [6.07, 6.45) is -0.771. The van der Waals surface area contributed by atoms with E-state index in [4.69, 9.17) is 9.47 Å². The smallest absolute Gasteiger partial charge is 0.495 e. The SMILES string of the molecule is CCOC(=O)Oc1ccc(NC(=O)Nc2cc(C)ccc2OC)cc1. The first kappa shape index (κ1) is 18.1. The molecule has 2 amide bonds. The Bertz CT molecular complexity index is 744. The summed E-state index contributed by atoms with van der Waals surface area (Å²) in [7, 11) is 1.54. The van der Waals surface area contributed by atoms with Crippen LogP contribution < -0.4 is 20.1 Å². The number of nitrogens with one attached hydrogen (secondary N) is 2. The van der Waals surface area contributed by atoms with Crippen LogP contribution in [0, 0.1) is 6.92 Å². The molecule has 0 saturated carbocycles. The molecule has 0 radical (unpaired) electrons. The molecule has 7 nitrogen and oxygen atoms in total. The maximum absolute atomic E-state index is 12.1. The maximum atomic E-state index is 12.1. The van der Waals surface area contributed by atoms with E-state index in [2.05, 4.69) is 15.4 Å². The van der Waals surface area contributed by atoms with Crippen molar-refractivity contribution in [3.05, 3.63) is 48.0 Å². The normalized spacial score (nSPS) is 9.88. The summed E-state index contributed by atoms with van der Waals surface area (Å²) in [5, 5.41) is 5.42. The van der Waals surface area contributed by atoms with Gasteiger partial charge in [-0.2, -0.15) is 0 Å². The average Bonchev–Trinajstić information content (AvgIpc) is 2.57. The Kier molecular flexibility index (Phi) is 6.22. The molecule has 0 aliphatic carbocycles. The number of aryl methyl sites for hydroxylation is 1. The highest BCUT2D eigenvalue weighted by atomic mass is 16.7. The number of carbonyl (C=O) groups excluding carboxylic acids is 2. The van der Waals surface area contributed by atoms with Crippen molar-refractivity contribution in [2.75, 3.05) is 24.4 Å². The second-order valence-electron chi connectivity index (χ2n) is 5.09. The van der Waals surface area contributed by atoms with Crippen LogP contribution in [-0.4, -0.2) is 25.9 Å². The Morgan fingerprint density at radius 2 is 1.76 bits per heavy atom. The van der Waals surface area contributed by atoms with Crippen LogP contribution >= 0.6 is 0 Å². The lowest BCUT2D eigenvalue weighted by molar-refractivity contribution is 0.104. The molecule has 0 aliphatic heterocycles. The molecule has 0 unspecified atom stereocenters. The summed E-state index contributed by atoms with van der Waals surface area (Å²) < 4.78 is 14.9. The van der Waals surface area contributed by atoms with Gasteiger partial charge in [0.05, 0.1) is 19.4 Å². The number of anilines is 2. The van der Waals surface area contributed by atoms with Gasteiger partial charge in [-0.25, -0.2) is 9.59 Å². The Hall–Kier alpha value is -3.22. The molecular formula is C18H20N2O5. The first-order chi connectivity index (χ1) is 12.0. The number of benzene rings is 2. The largest absolute Gasteiger partial charge is 0.513 e. The third kappa shape index (κ3) is 5.42. The summed E-state index contributed by atoms with van der Waals surface area (Å²) in [4.78, 5) is 23.4. The molecule has 132 valence electrons. The van der Waals surface area contributed by atoms with Crippen molar-refractivity contribution in [1.29, 1.82) is 0 Å². The number of rotatable bonds is 5. The van der Waals surface area contributed by atoms with Crippen LogP contribution in [0.3, 0.4) is 0 Å². The highest BCUT2D eigenvalue weighted by Gasteiger charge is 2.09. The van der Waals surface area contributed by atoms with Gasteiger partial charge in [-0.3, -0.25) is 0 Å². The molecule has 2 rings (SSSR count). The van der Waals surface area contributed by atoms with Gasteiger partial charge in [0.1, 0.15) is 11.5 Å². The quantitative estimate of drug-likeness (QED) is 0.627. The summed E-state index contributed by atoms with van der Waals surface area (Å²) in [5.74, 6) is 0.892. The van der Waals surface area contributed by atoms with E-state index in [1.807, 2.05) is 19.1 Å². The lowest BCUT2D eigenvalue weighted by atomic mass is 10.2. The topological polar surface area (TPSA) is 85.9 Å². The van der Waals surface area contributed by atoms with Crippen LogP contribution in [0.2, 0.25) is 0 Å². The molecule has 0 fully saturated rings. The van der Waals surface area contributed by atoms with Gasteiger partial charge < -0.3 is 24.8 Å². The van der Waals surface area contributed by atoms with Crippen molar-refractivity contribution in [2.45, 2.75) is 13.8 Å². The molecule has 0 aliphatic rings. The minimum Gasteiger partial charge on any atom is -0.495 e. The lowest BCUT2D eigenvalue weighted by Gasteiger charge is -2.12. The summed E-state index contributed by atoms with van der Waals surface area (Å²) in [5.41, 5.74) is 2.11. The summed E-state index contributed by atoms with van der Waals surface area (Å²) in [6, 6.07) is 11.4. The second-order valence-corrected chi connectivity index (χ2v) is 5.09. The Balaban J connectivity index is 1.97. The van der Waals surface area contributed by atoms with Crippen LogP contribution in [0.5, 0.6) is 11.5 Å². The van der Waals surface area contributed by atoms with Gasteiger partial charge in [-0.05, 0) is 55.8 Å².